The highest BCUT2D eigenvalue weighted by molar-refractivity contribution is 6.30. The van der Waals surface area contributed by atoms with Crippen molar-refractivity contribution in [1.29, 1.82) is 0 Å². The van der Waals surface area contributed by atoms with Crippen LogP contribution in [0.5, 0.6) is 0 Å². The number of hydrogen-bond acceptors (Lipinski definition) is 4. The van der Waals surface area contributed by atoms with Crippen molar-refractivity contribution in [3.05, 3.63) is 94.5 Å². The fourth-order valence-electron chi connectivity index (χ4n) is 5.33. The second kappa shape index (κ2) is 12.4. The molecule has 1 saturated carbocycles. The summed E-state index contributed by atoms with van der Waals surface area (Å²) in [5, 5.41) is 6.60. The Morgan fingerprint density at radius 1 is 0.950 bits per heavy atom. The van der Waals surface area contributed by atoms with Crippen molar-refractivity contribution >= 4 is 41.1 Å². The molecule has 2 aliphatic carbocycles. The maximum absolute atomic E-state index is 13.5. The standard InChI is InChI=1S/C31H31ClN4O4/c32-24-15-11-21(12-16-24)17-18-33-29(38)23-13-9-22(10-14-23)19-36-30(39)26-7-3-4-8-27(26)35(31(36)40)20-28(37)34-25-5-1-2-6-25/h3-4,7-16,25-26H,1-2,5-6,17-20H2,(H-,33,34,37,38)/p+1. The Morgan fingerprint density at radius 2 is 1.65 bits per heavy atom. The van der Waals surface area contributed by atoms with Crippen molar-refractivity contribution in [2.45, 2.75) is 44.7 Å². The molecule has 5 amide bonds. The number of imide groups is 1. The number of allylic oxidation sites excluding steroid dienone is 3. The molecule has 0 saturated heterocycles. The van der Waals surface area contributed by atoms with E-state index in [0.717, 1.165) is 31.2 Å². The largest absolute Gasteiger partial charge is 0.501 e. The summed E-state index contributed by atoms with van der Waals surface area (Å²) in [6.45, 7) is 0.377. The van der Waals surface area contributed by atoms with E-state index in [1.807, 2.05) is 24.3 Å². The van der Waals surface area contributed by atoms with Crippen LogP contribution in [0.15, 0.2) is 72.8 Å². The Balaban J connectivity index is 1.23. The molecule has 3 aliphatic rings. The first-order chi connectivity index (χ1) is 19.4. The van der Waals surface area contributed by atoms with Gasteiger partial charge in [-0.25, -0.2) is 4.79 Å². The second-order valence-electron chi connectivity index (χ2n) is 10.3. The van der Waals surface area contributed by atoms with Crippen LogP contribution in [0.1, 0.15) is 47.2 Å². The zero-order valence-electron chi connectivity index (χ0n) is 22.1. The third kappa shape index (κ3) is 6.39. The molecule has 1 atom stereocenters. The van der Waals surface area contributed by atoms with Gasteiger partial charge in [0, 0.05) is 23.2 Å². The second-order valence-corrected chi connectivity index (χ2v) is 10.8. The van der Waals surface area contributed by atoms with E-state index in [9.17, 15) is 19.2 Å². The number of urea groups is 1. The molecule has 5 rings (SSSR count). The van der Waals surface area contributed by atoms with Gasteiger partial charge in [0.05, 0.1) is 0 Å². The number of halogens is 1. The summed E-state index contributed by atoms with van der Waals surface area (Å²) in [7, 11) is 0. The molecule has 8 nitrogen and oxygen atoms in total. The molecular weight excluding hydrogens is 528 g/mol. The van der Waals surface area contributed by atoms with Gasteiger partial charge in [-0.1, -0.05) is 66.9 Å². The van der Waals surface area contributed by atoms with E-state index in [1.165, 1.54) is 9.48 Å². The molecule has 0 radical (unpaired) electrons. The fraction of sp³-hybridized carbons (Fsp3) is 0.323. The molecule has 0 spiro atoms. The van der Waals surface area contributed by atoms with Gasteiger partial charge in [0.2, 0.25) is 0 Å². The van der Waals surface area contributed by atoms with E-state index in [0.29, 0.717) is 34.8 Å². The van der Waals surface area contributed by atoms with Crippen LogP contribution in [-0.4, -0.2) is 58.1 Å². The minimum atomic E-state index is -0.632. The van der Waals surface area contributed by atoms with Crippen LogP contribution in [0, 0.1) is 5.92 Å². The molecule has 0 aromatic heterocycles. The zero-order chi connectivity index (χ0) is 28.1. The lowest BCUT2D eigenvalue weighted by molar-refractivity contribution is -0.429. The van der Waals surface area contributed by atoms with Gasteiger partial charge in [-0.2, -0.15) is 14.3 Å². The van der Waals surface area contributed by atoms with Crippen LogP contribution in [0.25, 0.3) is 0 Å². The average Bonchev–Trinajstić information content (AvgIpc) is 3.47. The highest BCUT2D eigenvalue weighted by atomic mass is 35.5. The number of amides is 5. The van der Waals surface area contributed by atoms with Crippen molar-refractivity contribution in [3.63, 3.8) is 0 Å². The quantitative estimate of drug-likeness (QED) is 0.453. The maximum Gasteiger partial charge on any atom is 0.501 e. The third-order valence-corrected chi connectivity index (χ3v) is 7.75. The topological polar surface area (TPSA) is 98.6 Å². The number of fused-ring (bicyclic) bond motifs is 1. The summed E-state index contributed by atoms with van der Waals surface area (Å²) in [6.07, 6.45) is 11.8. The van der Waals surface area contributed by atoms with Crippen molar-refractivity contribution < 1.29 is 23.8 Å². The first-order valence-corrected chi connectivity index (χ1v) is 14.0. The predicted octanol–water partition coefficient (Wildman–Crippen LogP) is 4.03. The molecule has 1 aliphatic heterocycles. The summed E-state index contributed by atoms with van der Waals surface area (Å²) < 4.78 is 1.40. The number of carbonyl (C=O) groups is 4. The van der Waals surface area contributed by atoms with Crippen molar-refractivity contribution in [3.8, 4) is 0 Å². The highest BCUT2D eigenvalue weighted by Gasteiger charge is 2.47. The lowest BCUT2D eigenvalue weighted by Gasteiger charge is -2.27. The molecule has 1 unspecified atom stereocenters. The van der Waals surface area contributed by atoms with Crippen molar-refractivity contribution in [2.24, 2.45) is 5.92 Å². The van der Waals surface area contributed by atoms with Crippen LogP contribution >= 0.6 is 11.6 Å². The first-order valence-electron chi connectivity index (χ1n) is 13.6. The van der Waals surface area contributed by atoms with E-state index < -0.39 is 11.9 Å². The molecule has 9 heteroatoms. The van der Waals surface area contributed by atoms with Gasteiger partial charge in [-0.05, 0) is 60.7 Å². The highest BCUT2D eigenvalue weighted by Crippen LogP contribution is 2.22. The molecule has 2 aromatic rings. The van der Waals surface area contributed by atoms with Gasteiger partial charge in [0.25, 0.3) is 11.8 Å². The van der Waals surface area contributed by atoms with Gasteiger partial charge in [0.1, 0.15) is 18.2 Å². The molecule has 40 heavy (non-hydrogen) atoms. The van der Waals surface area contributed by atoms with E-state index in [1.54, 1.807) is 48.6 Å². The molecule has 0 bridgehead atoms. The summed E-state index contributed by atoms with van der Waals surface area (Å²) >= 11 is 5.92. The van der Waals surface area contributed by atoms with Crippen LogP contribution < -0.4 is 10.6 Å². The lowest BCUT2D eigenvalue weighted by atomic mass is 9.94. The molecule has 2 aromatic carbocycles. The van der Waals surface area contributed by atoms with Crippen LogP contribution in [0.3, 0.4) is 0 Å². The van der Waals surface area contributed by atoms with Gasteiger partial charge < -0.3 is 10.6 Å². The maximum atomic E-state index is 13.5. The molecule has 2 N–H and O–H groups in total. The van der Waals surface area contributed by atoms with E-state index >= 15 is 0 Å². The monoisotopic (exact) mass is 559 g/mol. The number of nitrogens with one attached hydrogen (secondary N) is 2. The van der Waals surface area contributed by atoms with Gasteiger partial charge in [-0.15, -0.1) is 0 Å². The minimum absolute atomic E-state index is 0.0399. The summed E-state index contributed by atoms with van der Waals surface area (Å²) in [5.41, 5.74) is 2.77. The normalized spacial score (nSPS) is 18.7. The van der Waals surface area contributed by atoms with Crippen LogP contribution in [0.2, 0.25) is 5.02 Å². The number of carbonyl (C=O) groups excluding carboxylic acids is 4. The average molecular weight is 560 g/mol. The van der Waals surface area contributed by atoms with E-state index in [2.05, 4.69) is 10.6 Å². The number of nitrogens with zero attached hydrogens (tertiary/aromatic N) is 2. The van der Waals surface area contributed by atoms with Crippen LogP contribution in [0.4, 0.5) is 4.79 Å². The lowest BCUT2D eigenvalue weighted by Crippen LogP contribution is -2.55. The molecular formula is C31H32ClN4O4+. The van der Waals surface area contributed by atoms with Gasteiger partial charge >= 0.3 is 11.9 Å². The Hall–Kier alpha value is -4.04. The van der Waals surface area contributed by atoms with E-state index in [4.69, 9.17) is 11.6 Å². The zero-order valence-corrected chi connectivity index (χ0v) is 22.9. The third-order valence-electron chi connectivity index (χ3n) is 7.50. The SMILES string of the molecule is O=C(C[N+]1=C2C=CC=CC2C(=O)N(Cc2ccc(C(=O)NCCc3ccc(Cl)cc3)cc2)C1=O)NC1CCCC1. The van der Waals surface area contributed by atoms with Crippen LogP contribution in [-0.2, 0) is 22.6 Å². The summed E-state index contributed by atoms with van der Waals surface area (Å²) in [6, 6.07) is 13.9. The predicted molar refractivity (Wildman–Crippen MR) is 152 cm³/mol. The molecule has 206 valence electrons. The smallest absolute Gasteiger partial charge is 0.352 e. The number of rotatable bonds is 9. The number of benzene rings is 2. The summed E-state index contributed by atoms with van der Waals surface area (Å²) in [4.78, 5) is 53.4. The van der Waals surface area contributed by atoms with Gasteiger partial charge in [0.15, 0.2) is 6.54 Å². The fourth-order valence-corrected chi connectivity index (χ4v) is 5.45. The van der Waals surface area contributed by atoms with Crippen molar-refractivity contribution in [1.82, 2.24) is 15.5 Å². The molecule has 1 fully saturated rings. The minimum Gasteiger partial charge on any atom is -0.352 e. The Labute approximate surface area is 238 Å². The van der Waals surface area contributed by atoms with Crippen molar-refractivity contribution in [2.75, 3.05) is 13.1 Å². The first kappa shape index (κ1) is 27.5. The Morgan fingerprint density at radius 3 is 2.38 bits per heavy atom. The van der Waals surface area contributed by atoms with Gasteiger partial charge in [-0.3, -0.25) is 9.59 Å². The Kier molecular flexibility index (Phi) is 8.55. The number of hydrogen-bond donors (Lipinski definition) is 2. The summed E-state index contributed by atoms with van der Waals surface area (Å²) in [5.74, 6) is -1.40. The molecule has 1 heterocycles. The Bertz CT molecular complexity index is 1390. The van der Waals surface area contributed by atoms with E-state index in [-0.39, 0.29) is 36.9 Å².